The fourth-order valence-electron chi connectivity index (χ4n) is 3.44. The number of amides is 1. The van der Waals surface area contributed by atoms with Gasteiger partial charge in [0.2, 0.25) is 17.6 Å². The van der Waals surface area contributed by atoms with Crippen molar-refractivity contribution in [2.24, 2.45) is 0 Å². The number of nitrogens with one attached hydrogen (secondary N) is 2. The number of para-hydroxylation sites is 2. The van der Waals surface area contributed by atoms with Crippen LogP contribution in [0.25, 0.3) is 28.2 Å². The van der Waals surface area contributed by atoms with Crippen LogP contribution < -0.4 is 10.6 Å². The first-order chi connectivity index (χ1) is 14.3. The first-order valence-electron chi connectivity index (χ1n) is 9.50. The molecular formula is C20H19N7O2. The van der Waals surface area contributed by atoms with Crippen LogP contribution in [0.15, 0.2) is 53.4 Å². The number of pyridine rings is 1. The third kappa shape index (κ3) is 3.47. The lowest BCUT2D eigenvalue weighted by atomic mass is 10.2. The molecule has 0 bridgehead atoms. The number of fused-ring (bicyclic) bond motifs is 1. The van der Waals surface area contributed by atoms with E-state index in [0.717, 1.165) is 41.8 Å². The standard InChI is InChI=1S/C20H19N7O2/c28-20(15-5-3-9-21-15)23-11-18-25-19(26-29-18)13-7-8-17(22-10-13)27-12-24-14-4-1-2-6-16(14)27/h1-2,4,6-8,10,12,15,21H,3,5,9,11H2,(H,23,28). The minimum absolute atomic E-state index is 0.0409. The summed E-state index contributed by atoms with van der Waals surface area (Å²) in [6, 6.07) is 11.5. The van der Waals surface area contributed by atoms with Crippen LogP contribution >= 0.6 is 0 Å². The minimum Gasteiger partial charge on any atom is -0.346 e. The zero-order chi connectivity index (χ0) is 19.6. The smallest absolute Gasteiger partial charge is 0.246 e. The average molecular weight is 389 g/mol. The van der Waals surface area contributed by atoms with Crippen LogP contribution in [0, 0.1) is 0 Å². The van der Waals surface area contributed by atoms with E-state index < -0.39 is 0 Å². The molecule has 9 nitrogen and oxygen atoms in total. The maximum atomic E-state index is 12.1. The second-order valence-electron chi connectivity index (χ2n) is 6.89. The molecule has 1 amide bonds. The van der Waals surface area contributed by atoms with E-state index in [4.69, 9.17) is 4.52 Å². The summed E-state index contributed by atoms with van der Waals surface area (Å²) in [5.74, 6) is 1.50. The zero-order valence-electron chi connectivity index (χ0n) is 15.6. The van der Waals surface area contributed by atoms with Crippen molar-refractivity contribution in [3.63, 3.8) is 0 Å². The van der Waals surface area contributed by atoms with Gasteiger partial charge in [-0.2, -0.15) is 4.98 Å². The molecule has 2 N–H and O–H groups in total. The summed E-state index contributed by atoms with van der Waals surface area (Å²) in [6.45, 7) is 1.08. The van der Waals surface area contributed by atoms with Crippen LogP contribution in [0.3, 0.4) is 0 Å². The van der Waals surface area contributed by atoms with Crippen molar-refractivity contribution >= 4 is 16.9 Å². The van der Waals surface area contributed by atoms with Gasteiger partial charge in [0.1, 0.15) is 12.1 Å². The van der Waals surface area contributed by atoms with Crippen LogP contribution in [0.2, 0.25) is 0 Å². The summed E-state index contributed by atoms with van der Waals surface area (Å²) < 4.78 is 7.18. The fourth-order valence-corrected chi connectivity index (χ4v) is 3.44. The Morgan fingerprint density at radius 2 is 2.17 bits per heavy atom. The van der Waals surface area contributed by atoms with Gasteiger partial charge in [0.25, 0.3) is 0 Å². The van der Waals surface area contributed by atoms with Gasteiger partial charge >= 0.3 is 0 Å². The zero-order valence-corrected chi connectivity index (χ0v) is 15.6. The summed E-state index contributed by atoms with van der Waals surface area (Å²) in [5.41, 5.74) is 2.63. The van der Waals surface area contributed by atoms with Crippen molar-refractivity contribution < 1.29 is 9.32 Å². The van der Waals surface area contributed by atoms with Crippen LogP contribution in [-0.2, 0) is 11.3 Å². The van der Waals surface area contributed by atoms with Crippen LogP contribution in [0.1, 0.15) is 18.7 Å². The highest BCUT2D eigenvalue weighted by atomic mass is 16.5. The van der Waals surface area contributed by atoms with E-state index in [-0.39, 0.29) is 18.5 Å². The van der Waals surface area contributed by atoms with Gasteiger partial charge in [-0.15, -0.1) is 0 Å². The Bertz CT molecular complexity index is 1140. The minimum atomic E-state index is -0.131. The topological polar surface area (TPSA) is 111 Å². The van der Waals surface area contributed by atoms with E-state index in [1.165, 1.54) is 0 Å². The maximum absolute atomic E-state index is 12.1. The Morgan fingerprint density at radius 3 is 3.00 bits per heavy atom. The van der Waals surface area contributed by atoms with Crippen molar-refractivity contribution in [1.82, 2.24) is 35.3 Å². The van der Waals surface area contributed by atoms with Gasteiger partial charge in [-0.3, -0.25) is 9.36 Å². The van der Waals surface area contributed by atoms with Crippen LogP contribution in [-0.4, -0.2) is 43.2 Å². The Labute approximate surface area is 166 Å². The van der Waals surface area contributed by atoms with E-state index in [2.05, 4.69) is 30.7 Å². The maximum Gasteiger partial charge on any atom is 0.246 e. The predicted molar refractivity (Wildman–Crippen MR) is 105 cm³/mol. The van der Waals surface area contributed by atoms with Crippen LogP contribution in [0.4, 0.5) is 0 Å². The summed E-state index contributed by atoms with van der Waals surface area (Å²) >= 11 is 0. The van der Waals surface area contributed by atoms with E-state index in [1.54, 1.807) is 12.5 Å². The number of imidazole rings is 1. The van der Waals surface area contributed by atoms with Crippen molar-refractivity contribution in [3.05, 3.63) is 54.8 Å². The first-order valence-corrected chi connectivity index (χ1v) is 9.50. The van der Waals surface area contributed by atoms with Gasteiger partial charge < -0.3 is 15.2 Å². The molecule has 4 heterocycles. The number of benzene rings is 1. The molecule has 29 heavy (non-hydrogen) atoms. The largest absolute Gasteiger partial charge is 0.346 e. The molecule has 1 aromatic carbocycles. The Hall–Kier alpha value is -3.59. The Morgan fingerprint density at radius 1 is 1.24 bits per heavy atom. The lowest BCUT2D eigenvalue weighted by molar-refractivity contribution is -0.123. The molecule has 1 aliphatic rings. The highest BCUT2D eigenvalue weighted by molar-refractivity contribution is 5.81. The highest BCUT2D eigenvalue weighted by Gasteiger charge is 2.22. The number of rotatable bonds is 5. The Kier molecular flexibility index (Phi) is 4.49. The highest BCUT2D eigenvalue weighted by Crippen LogP contribution is 2.19. The summed E-state index contributed by atoms with van der Waals surface area (Å²) in [7, 11) is 0. The SMILES string of the molecule is O=C(NCc1nc(-c2ccc(-n3cnc4ccccc43)nc2)no1)C1CCCN1. The van der Waals surface area contributed by atoms with Gasteiger partial charge in [0, 0.05) is 11.8 Å². The first kappa shape index (κ1) is 17.5. The number of nitrogens with zero attached hydrogens (tertiary/aromatic N) is 5. The van der Waals surface area contributed by atoms with Gasteiger partial charge in [0.15, 0.2) is 0 Å². The van der Waals surface area contributed by atoms with Crippen molar-refractivity contribution in [2.75, 3.05) is 6.54 Å². The molecule has 1 unspecified atom stereocenters. The van der Waals surface area contributed by atoms with E-state index in [0.29, 0.717) is 11.7 Å². The predicted octanol–water partition coefficient (Wildman–Crippen LogP) is 1.84. The molecule has 0 saturated carbocycles. The number of hydrogen-bond acceptors (Lipinski definition) is 7. The molecule has 1 aliphatic heterocycles. The van der Waals surface area contributed by atoms with Gasteiger partial charge in [-0.25, -0.2) is 9.97 Å². The molecule has 0 aliphatic carbocycles. The number of carbonyl (C=O) groups excluding carboxylic acids is 1. The summed E-state index contributed by atoms with van der Waals surface area (Å²) in [6.07, 6.45) is 5.31. The van der Waals surface area contributed by atoms with E-state index >= 15 is 0 Å². The molecular weight excluding hydrogens is 370 g/mol. The molecule has 1 atom stereocenters. The quantitative estimate of drug-likeness (QED) is 0.536. The molecule has 1 saturated heterocycles. The lowest BCUT2D eigenvalue weighted by Crippen LogP contribution is -2.40. The fraction of sp³-hybridized carbons (Fsp3) is 0.250. The molecule has 146 valence electrons. The summed E-state index contributed by atoms with van der Waals surface area (Å²) in [5, 5.41) is 9.98. The van der Waals surface area contributed by atoms with E-state index in [1.807, 2.05) is 41.0 Å². The molecule has 0 radical (unpaired) electrons. The Balaban J connectivity index is 1.29. The molecule has 5 rings (SSSR count). The second-order valence-corrected chi connectivity index (χ2v) is 6.89. The molecule has 9 heteroatoms. The second kappa shape index (κ2) is 7.44. The third-order valence-electron chi connectivity index (χ3n) is 4.97. The monoisotopic (exact) mass is 389 g/mol. The van der Waals surface area contributed by atoms with Gasteiger partial charge in [-0.1, -0.05) is 17.3 Å². The van der Waals surface area contributed by atoms with Gasteiger partial charge in [-0.05, 0) is 43.7 Å². The normalized spacial score (nSPS) is 16.3. The molecule has 0 spiro atoms. The van der Waals surface area contributed by atoms with Crippen molar-refractivity contribution in [1.29, 1.82) is 0 Å². The number of hydrogen-bond donors (Lipinski definition) is 2. The number of carbonyl (C=O) groups is 1. The molecule has 3 aromatic heterocycles. The third-order valence-corrected chi connectivity index (χ3v) is 4.97. The molecule has 4 aromatic rings. The van der Waals surface area contributed by atoms with Crippen molar-refractivity contribution in [3.8, 4) is 17.2 Å². The average Bonchev–Trinajstić information content (AvgIpc) is 3.53. The summed E-state index contributed by atoms with van der Waals surface area (Å²) in [4.78, 5) is 25.3. The van der Waals surface area contributed by atoms with E-state index in [9.17, 15) is 4.79 Å². The lowest BCUT2D eigenvalue weighted by Gasteiger charge is -2.08. The number of aromatic nitrogens is 5. The van der Waals surface area contributed by atoms with Crippen LogP contribution in [0.5, 0.6) is 0 Å². The van der Waals surface area contributed by atoms with Crippen molar-refractivity contribution in [2.45, 2.75) is 25.4 Å². The van der Waals surface area contributed by atoms with Gasteiger partial charge in [0.05, 0.1) is 23.6 Å². The molecule has 1 fully saturated rings.